The van der Waals surface area contributed by atoms with Gasteiger partial charge in [0.2, 0.25) is 0 Å². The number of hydrogen-bond acceptors (Lipinski definition) is 2. The Bertz CT molecular complexity index is 196. The van der Waals surface area contributed by atoms with Gasteiger partial charge in [0.25, 0.3) is 0 Å². The average Bonchev–Trinajstić information content (AvgIpc) is 1.85. The maximum Gasteiger partial charge on any atom is 0.143 e. The molecule has 1 heterocycles. The number of carbonyl (C=O) groups excluding carboxylic acids is 1. The van der Waals surface area contributed by atoms with Gasteiger partial charge in [0.05, 0.1) is 5.25 Å². The fraction of sp³-hybridized carbons (Fsp3) is 0.667. The lowest BCUT2D eigenvalue weighted by atomic mass is 10.0. The summed E-state index contributed by atoms with van der Waals surface area (Å²) in [7, 11) is 0. The van der Waals surface area contributed by atoms with Crippen molar-refractivity contribution < 1.29 is 4.79 Å². The smallest absolute Gasteiger partial charge is 0.143 e. The van der Waals surface area contributed by atoms with Crippen molar-refractivity contribution in [2.75, 3.05) is 5.75 Å². The van der Waals surface area contributed by atoms with E-state index in [9.17, 15) is 4.79 Å². The minimum atomic E-state index is 0.207. The number of thioether (sulfide) groups is 1. The first kappa shape index (κ1) is 8.85. The van der Waals surface area contributed by atoms with E-state index in [1.54, 1.807) is 18.7 Å². The van der Waals surface area contributed by atoms with Gasteiger partial charge in [-0.25, -0.2) is 0 Å². The second-order valence-electron chi connectivity index (χ2n) is 3.21. The molecule has 1 rings (SSSR count). The van der Waals surface area contributed by atoms with Crippen LogP contribution in [0.25, 0.3) is 0 Å². The minimum Gasteiger partial charge on any atom is -0.299 e. The molecule has 2 atom stereocenters. The zero-order chi connectivity index (χ0) is 8.43. The van der Waals surface area contributed by atoms with Crippen LogP contribution in [0.15, 0.2) is 11.6 Å². The van der Waals surface area contributed by atoms with Crippen LogP contribution in [0.2, 0.25) is 0 Å². The second-order valence-corrected chi connectivity index (χ2v) is 4.34. The summed E-state index contributed by atoms with van der Waals surface area (Å²) >= 11 is 1.77. The molecule has 0 aliphatic carbocycles. The number of rotatable bonds is 1. The monoisotopic (exact) mass is 170 g/mol. The Morgan fingerprint density at radius 1 is 1.73 bits per heavy atom. The van der Waals surface area contributed by atoms with Crippen LogP contribution in [-0.4, -0.2) is 16.8 Å². The normalized spacial score (nSPS) is 31.4. The van der Waals surface area contributed by atoms with E-state index >= 15 is 0 Å². The summed E-state index contributed by atoms with van der Waals surface area (Å²) in [6.07, 6.45) is 2.21. The van der Waals surface area contributed by atoms with Crippen LogP contribution in [0.3, 0.4) is 0 Å². The number of hydrogen-bond donors (Lipinski definition) is 0. The molecule has 0 aromatic rings. The fourth-order valence-corrected chi connectivity index (χ4v) is 2.60. The van der Waals surface area contributed by atoms with Gasteiger partial charge in [-0.3, -0.25) is 4.79 Å². The number of allylic oxidation sites excluding steroid dienone is 1. The number of carbonyl (C=O) groups is 1. The van der Waals surface area contributed by atoms with Crippen molar-refractivity contribution in [2.45, 2.75) is 26.0 Å². The third-order valence-electron chi connectivity index (χ3n) is 1.92. The number of Topliss-reactive ketones (excluding diaryl/α,β-unsaturated/α-hetero) is 1. The molecule has 0 radical (unpaired) electrons. The van der Waals surface area contributed by atoms with Gasteiger partial charge in [0.15, 0.2) is 0 Å². The lowest BCUT2D eigenvalue weighted by Gasteiger charge is -2.23. The summed E-state index contributed by atoms with van der Waals surface area (Å²) in [6, 6.07) is 0. The quantitative estimate of drug-likeness (QED) is 0.562. The van der Waals surface area contributed by atoms with Crippen LogP contribution in [0.5, 0.6) is 0 Å². The molecule has 1 aliphatic heterocycles. The van der Waals surface area contributed by atoms with Gasteiger partial charge in [0.1, 0.15) is 5.78 Å². The van der Waals surface area contributed by atoms with Crippen molar-refractivity contribution in [1.29, 1.82) is 0 Å². The van der Waals surface area contributed by atoms with Crippen LogP contribution in [0, 0.1) is 5.92 Å². The highest BCUT2D eigenvalue weighted by molar-refractivity contribution is 8.00. The lowest BCUT2D eigenvalue weighted by molar-refractivity contribution is -0.117. The predicted molar refractivity (Wildman–Crippen MR) is 49.8 cm³/mol. The van der Waals surface area contributed by atoms with Gasteiger partial charge in [-0.15, -0.1) is 11.8 Å². The van der Waals surface area contributed by atoms with Gasteiger partial charge in [-0.2, -0.15) is 0 Å². The van der Waals surface area contributed by atoms with Gasteiger partial charge in [-0.1, -0.05) is 18.6 Å². The first-order chi connectivity index (χ1) is 5.11. The van der Waals surface area contributed by atoms with Crippen molar-refractivity contribution in [3.8, 4) is 0 Å². The van der Waals surface area contributed by atoms with E-state index in [0.717, 1.165) is 5.75 Å². The standard InChI is InChI=1S/C9H14OS/c1-6-4-7(2)9(8(3)10)11-5-6/h4,7,9H,5H2,1-3H3. The highest BCUT2D eigenvalue weighted by Gasteiger charge is 2.23. The SMILES string of the molecule is CC(=O)C1SCC(C)=CC1C. The van der Waals surface area contributed by atoms with Crippen molar-refractivity contribution in [1.82, 2.24) is 0 Å². The van der Waals surface area contributed by atoms with E-state index in [4.69, 9.17) is 0 Å². The molecule has 0 aromatic heterocycles. The molecule has 2 unspecified atom stereocenters. The Kier molecular flexibility index (Phi) is 2.77. The van der Waals surface area contributed by atoms with Crippen molar-refractivity contribution in [2.24, 2.45) is 5.92 Å². The molecule has 0 N–H and O–H groups in total. The molecular weight excluding hydrogens is 156 g/mol. The van der Waals surface area contributed by atoms with Crippen LogP contribution in [0.1, 0.15) is 20.8 Å². The zero-order valence-electron chi connectivity index (χ0n) is 7.26. The van der Waals surface area contributed by atoms with Crippen molar-refractivity contribution in [3.63, 3.8) is 0 Å². The van der Waals surface area contributed by atoms with Crippen LogP contribution in [-0.2, 0) is 4.79 Å². The van der Waals surface area contributed by atoms with Gasteiger partial charge in [0, 0.05) is 5.75 Å². The Hall–Kier alpha value is -0.240. The van der Waals surface area contributed by atoms with Gasteiger partial charge < -0.3 is 0 Å². The molecule has 0 fully saturated rings. The first-order valence-corrected chi connectivity index (χ1v) is 4.95. The Morgan fingerprint density at radius 2 is 2.36 bits per heavy atom. The summed E-state index contributed by atoms with van der Waals surface area (Å²) < 4.78 is 0. The Balaban J connectivity index is 2.68. The third kappa shape index (κ3) is 2.09. The van der Waals surface area contributed by atoms with Crippen molar-refractivity contribution in [3.05, 3.63) is 11.6 Å². The zero-order valence-corrected chi connectivity index (χ0v) is 8.07. The van der Waals surface area contributed by atoms with E-state index in [2.05, 4.69) is 19.9 Å². The average molecular weight is 170 g/mol. The third-order valence-corrected chi connectivity index (χ3v) is 3.66. The first-order valence-electron chi connectivity index (χ1n) is 3.90. The summed E-state index contributed by atoms with van der Waals surface area (Å²) in [4.78, 5) is 11.1. The van der Waals surface area contributed by atoms with E-state index in [1.165, 1.54) is 5.57 Å². The molecule has 2 heteroatoms. The molecule has 0 bridgehead atoms. The molecule has 0 aromatic carbocycles. The minimum absolute atomic E-state index is 0.207. The molecule has 0 saturated heterocycles. The summed E-state index contributed by atoms with van der Waals surface area (Å²) in [5, 5.41) is 0.207. The second kappa shape index (κ2) is 3.44. The van der Waals surface area contributed by atoms with Crippen molar-refractivity contribution >= 4 is 17.5 Å². The van der Waals surface area contributed by atoms with Gasteiger partial charge >= 0.3 is 0 Å². The predicted octanol–water partition coefficient (Wildman–Crippen LogP) is 2.27. The molecule has 1 aliphatic rings. The molecule has 62 valence electrons. The van der Waals surface area contributed by atoms with Crippen LogP contribution < -0.4 is 0 Å². The van der Waals surface area contributed by atoms with E-state index in [1.807, 2.05) is 0 Å². The molecule has 11 heavy (non-hydrogen) atoms. The Morgan fingerprint density at radius 3 is 2.82 bits per heavy atom. The molecule has 1 nitrogen and oxygen atoms in total. The van der Waals surface area contributed by atoms with Crippen LogP contribution >= 0.6 is 11.8 Å². The molecule has 0 amide bonds. The molecule has 0 saturated carbocycles. The van der Waals surface area contributed by atoms with Crippen LogP contribution in [0.4, 0.5) is 0 Å². The highest BCUT2D eigenvalue weighted by Crippen LogP contribution is 2.29. The lowest BCUT2D eigenvalue weighted by Crippen LogP contribution is -2.24. The van der Waals surface area contributed by atoms with Gasteiger partial charge in [-0.05, 0) is 19.8 Å². The maximum absolute atomic E-state index is 11.1. The topological polar surface area (TPSA) is 17.1 Å². The van der Waals surface area contributed by atoms with E-state index < -0.39 is 0 Å². The van der Waals surface area contributed by atoms with E-state index in [0.29, 0.717) is 11.7 Å². The summed E-state index contributed by atoms with van der Waals surface area (Å²) in [5.74, 6) is 1.76. The maximum atomic E-state index is 11.1. The molecule has 0 spiro atoms. The summed E-state index contributed by atoms with van der Waals surface area (Å²) in [5.41, 5.74) is 1.40. The number of ketones is 1. The fourth-order valence-electron chi connectivity index (χ4n) is 1.44. The Labute approximate surface area is 72.2 Å². The highest BCUT2D eigenvalue weighted by atomic mass is 32.2. The summed E-state index contributed by atoms with van der Waals surface area (Å²) in [6.45, 7) is 5.92. The molecular formula is C9H14OS. The largest absolute Gasteiger partial charge is 0.299 e. The van der Waals surface area contributed by atoms with E-state index in [-0.39, 0.29) is 5.25 Å².